The summed E-state index contributed by atoms with van der Waals surface area (Å²) in [6, 6.07) is 13.0. The number of hydrogen-bond donors (Lipinski definition) is 2. The van der Waals surface area contributed by atoms with Gasteiger partial charge in [-0.1, -0.05) is 35.3 Å². The molecule has 6 heteroatoms. The van der Waals surface area contributed by atoms with Gasteiger partial charge in [0.05, 0.1) is 5.39 Å². The molecule has 0 fully saturated rings. The molecule has 0 aliphatic carbocycles. The lowest BCUT2D eigenvalue weighted by Crippen LogP contribution is -2.09. The number of rotatable bonds is 3. The molecule has 4 nitrogen and oxygen atoms in total. The second kappa shape index (κ2) is 5.76. The molecule has 0 aliphatic heterocycles. The zero-order chi connectivity index (χ0) is 14.8. The van der Waals surface area contributed by atoms with Gasteiger partial charge in [0.15, 0.2) is 5.15 Å². The summed E-state index contributed by atoms with van der Waals surface area (Å²) in [6.45, 7) is 0.638. The fourth-order valence-corrected chi connectivity index (χ4v) is 2.38. The minimum atomic E-state index is -0.260. The van der Waals surface area contributed by atoms with Gasteiger partial charge in [-0.05, 0) is 35.9 Å². The first-order valence-electron chi connectivity index (χ1n) is 6.30. The molecule has 0 saturated carbocycles. The molecule has 0 radical (unpaired) electrons. The lowest BCUT2D eigenvalue weighted by Gasteiger charge is -2.08. The van der Waals surface area contributed by atoms with Crippen LogP contribution < -0.4 is 10.9 Å². The number of aromatic nitrogens is 2. The summed E-state index contributed by atoms with van der Waals surface area (Å²) >= 11 is 11.8. The molecule has 0 unspecified atom stereocenters. The van der Waals surface area contributed by atoms with E-state index in [1.807, 2.05) is 30.3 Å². The maximum absolute atomic E-state index is 11.8. The molecule has 106 valence electrons. The Morgan fingerprint density at radius 1 is 1.05 bits per heavy atom. The highest BCUT2D eigenvalue weighted by Crippen LogP contribution is 2.21. The number of aromatic amines is 1. The van der Waals surface area contributed by atoms with E-state index < -0.39 is 0 Å². The Labute approximate surface area is 130 Å². The average Bonchev–Trinajstić information content (AvgIpc) is 2.50. The van der Waals surface area contributed by atoms with Crippen LogP contribution in [0.3, 0.4) is 0 Å². The summed E-state index contributed by atoms with van der Waals surface area (Å²) in [5.74, 6) is 0. The van der Waals surface area contributed by atoms with Crippen molar-refractivity contribution in [1.29, 1.82) is 0 Å². The van der Waals surface area contributed by atoms with Crippen LogP contribution in [0.4, 0.5) is 5.69 Å². The zero-order valence-electron chi connectivity index (χ0n) is 10.9. The average molecular weight is 320 g/mol. The summed E-state index contributed by atoms with van der Waals surface area (Å²) in [5.41, 5.74) is 1.68. The van der Waals surface area contributed by atoms with Gasteiger partial charge in [0.25, 0.3) is 5.56 Å². The normalized spacial score (nSPS) is 10.8. The molecule has 2 N–H and O–H groups in total. The van der Waals surface area contributed by atoms with Crippen LogP contribution in [0, 0.1) is 0 Å². The molecule has 3 aromatic rings. The molecule has 0 spiro atoms. The number of halogens is 2. The Morgan fingerprint density at radius 2 is 1.81 bits per heavy atom. The van der Waals surface area contributed by atoms with E-state index in [0.29, 0.717) is 22.3 Å². The minimum Gasteiger partial charge on any atom is -0.381 e. The molecular formula is C15H11Cl2N3O. The molecule has 0 atom stereocenters. The van der Waals surface area contributed by atoms with Crippen molar-refractivity contribution >= 4 is 39.7 Å². The number of H-pyrrole nitrogens is 1. The van der Waals surface area contributed by atoms with Crippen molar-refractivity contribution in [3.05, 3.63) is 68.6 Å². The topological polar surface area (TPSA) is 57.8 Å². The first kappa shape index (κ1) is 13.9. The van der Waals surface area contributed by atoms with E-state index in [-0.39, 0.29) is 10.7 Å². The SMILES string of the molecule is O=c1[nH]nc(Cl)c2ccc(NCc3ccc(Cl)cc3)cc12. The van der Waals surface area contributed by atoms with Crippen molar-refractivity contribution in [3.63, 3.8) is 0 Å². The number of nitrogens with zero attached hydrogens (tertiary/aromatic N) is 1. The van der Waals surface area contributed by atoms with Gasteiger partial charge in [0, 0.05) is 22.6 Å². The van der Waals surface area contributed by atoms with Crippen molar-refractivity contribution in [3.8, 4) is 0 Å². The fraction of sp³-hybridized carbons (Fsp3) is 0.0667. The summed E-state index contributed by atoms with van der Waals surface area (Å²) in [7, 11) is 0. The van der Waals surface area contributed by atoms with E-state index in [0.717, 1.165) is 11.3 Å². The van der Waals surface area contributed by atoms with E-state index >= 15 is 0 Å². The molecule has 21 heavy (non-hydrogen) atoms. The largest absolute Gasteiger partial charge is 0.381 e. The minimum absolute atomic E-state index is 0.260. The van der Waals surface area contributed by atoms with Gasteiger partial charge in [0.1, 0.15) is 0 Å². The van der Waals surface area contributed by atoms with Crippen molar-refractivity contribution in [2.24, 2.45) is 0 Å². The Bertz CT molecular complexity index is 844. The molecule has 2 aromatic carbocycles. The molecule has 1 aromatic heterocycles. The number of benzene rings is 2. The van der Waals surface area contributed by atoms with Crippen LogP contribution >= 0.6 is 23.2 Å². The highest BCUT2D eigenvalue weighted by Gasteiger charge is 2.05. The smallest absolute Gasteiger partial charge is 0.272 e. The van der Waals surface area contributed by atoms with Gasteiger partial charge in [0.2, 0.25) is 0 Å². The Kier molecular flexibility index (Phi) is 3.82. The second-order valence-electron chi connectivity index (χ2n) is 4.58. The van der Waals surface area contributed by atoms with Crippen LogP contribution in [0.2, 0.25) is 10.2 Å². The molecule has 0 aliphatic rings. The summed E-state index contributed by atoms with van der Waals surface area (Å²) in [4.78, 5) is 11.8. The molecule has 0 amide bonds. The van der Waals surface area contributed by atoms with Crippen LogP contribution in [0.5, 0.6) is 0 Å². The maximum atomic E-state index is 11.8. The van der Waals surface area contributed by atoms with E-state index in [4.69, 9.17) is 23.2 Å². The van der Waals surface area contributed by atoms with Gasteiger partial charge in [-0.15, -0.1) is 0 Å². The van der Waals surface area contributed by atoms with Gasteiger partial charge >= 0.3 is 0 Å². The van der Waals surface area contributed by atoms with Crippen LogP contribution in [0.25, 0.3) is 10.8 Å². The monoisotopic (exact) mass is 319 g/mol. The third-order valence-electron chi connectivity index (χ3n) is 3.15. The number of fused-ring (bicyclic) bond motifs is 1. The van der Waals surface area contributed by atoms with Crippen molar-refractivity contribution in [1.82, 2.24) is 10.2 Å². The molecule has 0 bridgehead atoms. The van der Waals surface area contributed by atoms with Gasteiger partial charge in [-0.3, -0.25) is 4.79 Å². The highest BCUT2D eigenvalue weighted by molar-refractivity contribution is 6.34. The standard InChI is InChI=1S/C15H11Cl2N3O/c16-10-3-1-9(2-4-10)8-18-11-5-6-12-13(7-11)15(21)20-19-14(12)17/h1-7,18H,8H2,(H,20,21). The van der Waals surface area contributed by atoms with E-state index in [2.05, 4.69) is 15.5 Å². The maximum Gasteiger partial charge on any atom is 0.272 e. The fourth-order valence-electron chi connectivity index (χ4n) is 2.05. The molecule has 1 heterocycles. The van der Waals surface area contributed by atoms with E-state index in [1.165, 1.54) is 0 Å². The first-order chi connectivity index (χ1) is 10.1. The van der Waals surface area contributed by atoms with Crippen molar-refractivity contribution in [2.75, 3.05) is 5.32 Å². The Hall–Kier alpha value is -2.04. The third-order valence-corrected chi connectivity index (χ3v) is 3.69. The summed E-state index contributed by atoms with van der Waals surface area (Å²) in [5, 5.41) is 11.5. The van der Waals surface area contributed by atoms with Crippen molar-refractivity contribution < 1.29 is 0 Å². The molecule has 0 saturated heterocycles. The predicted octanol–water partition coefficient (Wildman–Crippen LogP) is 3.84. The first-order valence-corrected chi connectivity index (χ1v) is 7.05. The Morgan fingerprint density at radius 3 is 2.57 bits per heavy atom. The van der Waals surface area contributed by atoms with E-state index in [1.54, 1.807) is 12.1 Å². The quantitative estimate of drug-likeness (QED) is 0.771. The number of hydrogen-bond acceptors (Lipinski definition) is 3. The van der Waals surface area contributed by atoms with E-state index in [9.17, 15) is 4.79 Å². The Balaban J connectivity index is 1.86. The van der Waals surface area contributed by atoms with Gasteiger partial charge in [-0.25, -0.2) is 5.10 Å². The second-order valence-corrected chi connectivity index (χ2v) is 5.38. The molecule has 3 rings (SSSR count). The molecular weight excluding hydrogens is 309 g/mol. The lowest BCUT2D eigenvalue weighted by molar-refractivity contribution is 1.01. The predicted molar refractivity (Wildman–Crippen MR) is 86.2 cm³/mol. The van der Waals surface area contributed by atoms with Crippen LogP contribution in [0.15, 0.2) is 47.3 Å². The van der Waals surface area contributed by atoms with Crippen LogP contribution in [0.1, 0.15) is 5.56 Å². The summed E-state index contributed by atoms with van der Waals surface area (Å²) in [6.07, 6.45) is 0. The van der Waals surface area contributed by atoms with Gasteiger partial charge in [-0.2, -0.15) is 5.10 Å². The number of anilines is 1. The number of nitrogens with one attached hydrogen (secondary N) is 2. The summed E-state index contributed by atoms with van der Waals surface area (Å²) < 4.78 is 0. The van der Waals surface area contributed by atoms with Crippen molar-refractivity contribution in [2.45, 2.75) is 6.54 Å². The van der Waals surface area contributed by atoms with Gasteiger partial charge < -0.3 is 5.32 Å². The lowest BCUT2D eigenvalue weighted by atomic mass is 10.1. The zero-order valence-corrected chi connectivity index (χ0v) is 12.4. The third kappa shape index (κ3) is 3.01. The highest BCUT2D eigenvalue weighted by atomic mass is 35.5. The van der Waals surface area contributed by atoms with Crippen LogP contribution in [-0.2, 0) is 6.54 Å². The van der Waals surface area contributed by atoms with Crippen LogP contribution in [-0.4, -0.2) is 10.2 Å².